The van der Waals surface area contributed by atoms with Crippen molar-refractivity contribution in [3.05, 3.63) is 41.7 Å². The van der Waals surface area contributed by atoms with Gasteiger partial charge in [0.25, 0.3) is 5.56 Å². The van der Waals surface area contributed by atoms with E-state index in [9.17, 15) is 28.6 Å². The molecule has 288 valence electrons. The van der Waals surface area contributed by atoms with Crippen LogP contribution in [0.1, 0.15) is 46.1 Å². The number of aromatic nitrogens is 9. The normalized spacial score (nSPS) is 25.6. The average Bonchev–Trinajstić information content (AvgIpc) is 3.88. The molecule has 0 saturated carbocycles. The van der Waals surface area contributed by atoms with Crippen LogP contribution in [0.2, 0.25) is 18.1 Å². The first-order chi connectivity index (χ1) is 24.8. The lowest BCUT2D eigenvalue weighted by Crippen LogP contribution is -2.46. The first-order valence-corrected chi connectivity index (χ1v) is 22.4. The fourth-order valence-electron chi connectivity index (χ4n) is 6.14. The monoisotopic (exact) mass is 798 g/mol. The van der Waals surface area contributed by atoms with E-state index in [1.54, 1.807) is 21.4 Å². The molecule has 7 heterocycles. The minimum absolute atomic E-state index is 0.0902. The highest BCUT2D eigenvalue weighted by molar-refractivity contribution is 7.47. The van der Waals surface area contributed by atoms with Gasteiger partial charge in [0.15, 0.2) is 30.9 Å². The maximum absolute atomic E-state index is 13.6. The molecule has 0 amide bonds. The molecular formula is C28H40N10O12P2Si. The molecule has 6 N–H and O–H groups in total. The average molecular weight is 799 g/mol. The van der Waals surface area contributed by atoms with Crippen LogP contribution in [0, 0.1) is 0 Å². The highest BCUT2D eigenvalue weighted by Gasteiger charge is 2.48. The highest BCUT2D eigenvalue weighted by atomic mass is 31.2. The van der Waals surface area contributed by atoms with E-state index in [-0.39, 0.29) is 28.3 Å². The van der Waals surface area contributed by atoms with Gasteiger partial charge in [-0.2, -0.15) is 0 Å². The lowest BCUT2D eigenvalue weighted by atomic mass is 10.2. The third-order valence-corrected chi connectivity index (χ3v) is 15.8. The number of aromatic amines is 1. The number of nitrogens with two attached hydrogens (primary N) is 1. The van der Waals surface area contributed by atoms with Crippen molar-refractivity contribution in [1.82, 2.24) is 43.4 Å². The number of hydrogen-bond donors (Lipinski definition) is 5. The van der Waals surface area contributed by atoms with E-state index in [2.05, 4.69) is 68.3 Å². The van der Waals surface area contributed by atoms with Crippen molar-refractivity contribution >= 4 is 57.9 Å². The first-order valence-electron chi connectivity index (χ1n) is 16.5. The summed E-state index contributed by atoms with van der Waals surface area (Å²) < 4.78 is 64.9. The Hall–Kier alpha value is -3.44. The number of anilines is 1. The van der Waals surface area contributed by atoms with Crippen LogP contribution in [-0.4, -0.2) is 104 Å². The quantitative estimate of drug-likeness (QED) is 0.0894. The van der Waals surface area contributed by atoms with Crippen molar-refractivity contribution in [2.45, 2.75) is 88.6 Å². The molecule has 7 rings (SSSR count). The molecule has 0 spiro atoms. The summed E-state index contributed by atoms with van der Waals surface area (Å²) in [7, 11) is -12.3. The number of phosphoric acid groups is 2. The van der Waals surface area contributed by atoms with Crippen LogP contribution < -0.4 is 11.3 Å². The molecule has 0 aliphatic carbocycles. The number of hydrogen-bond acceptors (Lipinski definition) is 15. The van der Waals surface area contributed by atoms with E-state index < -0.39 is 79.6 Å². The Morgan fingerprint density at radius 2 is 1.58 bits per heavy atom. The molecule has 2 aliphatic rings. The van der Waals surface area contributed by atoms with Gasteiger partial charge < -0.3 is 34.3 Å². The Balaban J connectivity index is 1.11. The van der Waals surface area contributed by atoms with Crippen molar-refractivity contribution in [2.24, 2.45) is 0 Å². The predicted molar refractivity (Wildman–Crippen MR) is 187 cm³/mol. The number of nitrogens with zero attached hydrogens (tertiary/aromatic N) is 8. The number of nitrogens with one attached hydrogen (secondary N) is 1. The summed E-state index contributed by atoms with van der Waals surface area (Å²) in [5, 5.41) is -0.189. The van der Waals surface area contributed by atoms with Crippen LogP contribution in [0.15, 0.2) is 36.2 Å². The molecule has 25 heteroatoms. The van der Waals surface area contributed by atoms with Crippen molar-refractivity contribution in [3.63, 3.8) is 0 Å². The maximum atomic E-state index is 13.6. The summed E-state index contributed by atoms with van der Waals surface area (Å²) in [6, 6.07) is 0. The molecule has 0 radical (unpaired) electrons. The van der Waals surface area contributed by atoms with Gasteiger partial charge in [-0.1, -0.05) is 20.8 Å². The van der Waals surface area contributed by atoms with Crippen LogP contribution in [0.5, 0.6) is 0 Å². The summed E-state index contributed by atoms with van der Waals surface area (Å²) in [5.41, 5.74) is 6.68. The number of rotatable bonds is 12. The molecule has 2 saturated heterocycles. The second-order valence-corrected chi connectivity index (χ2v) is 21.7. The fraction of sp³-hybridized carbons (Fsp3) is 0.571. The first kappa shape index (κ1) is 37.9. The lowest BCUT2D eigenvalue weighted by Gasteiger charge is -2.39. The number of nitrogen functional groups attached to an aromatic ring is 1. The fourth-order valence-corrected chi connectivity index (χ4v) is 8.80. The topological polar surface area (TPSA) is 288 Å². The summed E-state index contributed by atoms with van der Waals surface area (Å²) in [6.45, 7) is 9.25. The van der Waals surface area contributed by atoms with Gasteiger partial charge in [-0.15, -0.1) is 0 Å². The van der Waals surface area contributed by atoms with Gasteiger partial charge in [0.05, 0.1) is 32.0 Å². The number of H-pyrrole nitrogens is 1. The van der Waals surface area contributed by atoms with E-state index in [4.69, 9.17) is 28.7 Å². The summed E-state index contributed by atoms with van der Waals surface area (Å²) in [4.78, 5) is 66.0. The van der Waals surface area contributed by atoms with Crippen molar-refractivity contribution < 1.29 is 51.3 Å². The predicted octanol–water partition coefficient (Wildman–Crippen LogP) is 2.37. The molecule has 0 aromatic carbocycles. The van der Waals surface area contributed by atoms with Crippen LogP contribution in [0.4, 0.5) is 5.82 Å². The van der Waals surface area contributed by atoms with Crippen LogP contribution in [-0.2, 0) is 36.6 Å². The molecule has 22 nitrogen and oxygen atoms in total. The van der Waals surface area contributed by atoms with Gasteiger partial charge in [-0.25, -0.2) is 34.0 Å². The molecule has 7 atom stereocenters. The second-order valence-electron chi connectivity index (χ2n) is 14.3. The molecule has 5 aromatic heterocycles. The second kappa shape index (κ2) is 13.7. The Morgan fingerprint density at radius 1 is 0.943 bits per heavy atom. The zero-order valence-corrected chi connectivity index (χ0v) is 32.0. The standard InChI is InChI=1S/C28H40N10O12P2Si/c1-28(2,3)53(4,5)50-16-9-20(38-14-34-22-25(39)35-27-30-6-7-36(27)26(22)38)48-18(16)11-46-52(43,44)49-15-8-19(47-17(15)10-45-51(40,41)42)37-13-33-21-23(29)31-12-32-24(21)37/h6-7,12-20H,8-11H2,1-5H3,(H,43,44)(H2,29,31,32)(H,30,35,39)(H2,40,41,42)/t15-,16?,17+,18+,19+,20+/m0/s1. The smallest absolute Gasteiger partial charge is 0.411 e. The zero-order valence-electron chi connectivity index (χ0n) is 29.2. The zero-order chi connectivity index (χ0) is 38.1. The van der Waals surface area contributed by atoms with Gasteiger partial charge in [0.2, 0.25) is 5.78 Å². The van der Waals surface area contributed by atoms with E-state index in [1.807, 2.05) is 0 Å². The van der Waals surface area contributed by atoms with Crippen molar-refractivity contribution in [1.29, 1.82) is 0 Å². The van der Waals surface area contributed by atoms with E-state index in [0.717, 1.165) is 0 Å². The van der Waals surface area contributed by atoms with Crippen LogP contribution in [0.3, 0.4) is 0 Å². The van der Waals surface area contributed by atoms with Crippen LogP contribution >= 0.6 is 15.6 Å². The Morgan fingerprint density at radius 3 is 2.30 bits per heavy atom. The number of phosphoric ester groups is 2. The highest BCUT2D eigenvalue weighted by Crippen LogP contribution is 2.50. The molecule has 5 aromatic rings. The van der Waals surface area contributed by atoms with E-state index in [1.165, 1.54) is 23.5 Å². The summed E-state index contributed by atoms with van der Waals surface area (Å²) in [6.07, 6.45) is 1.93. The molecule has 0 bridgehead atoms. The van der Waals surface area contributed by atoms with Gasteiger partial charge in [0, 0.05) is 25.2 Å². The van der Waals surface area contributed by atoms with Gasteiger partial charge in [-0.05, 0) is 18.1 Å². The number of fused-ring (bicyclic) bond motifs is 4. The SMILES string of the molecule is CC(C)(C)[Si](C)(C)OC1C[C@H](n2cnc3c(=O)[nH]c4nccn4c32)O[C@@H]1COP(=O)(O)O[C@H]1C[C@H](n2cnc3c(N)ncnc32)O[C@@H]1COP(=O)(O)O. The summed E-state index contributed by atoms with van der Waals surface area (Å²) >= 11 is 0. The Labute approximate surface area is 301 Å². The van der Waals surface area contributed by atoms with Crippen molar-refractivity contribution in [3.8, 4) is 0 Å². The molecule has 2 fully saturated rings. The van der Waals surface area contributed by atoms with Gasteiger partial charge in [0.1, 0.15) is 42.6 Å². The largest absolute Gasteiger partial charge is 0.472 e. The van der Waals surface area contributed by atoms with E-state index >= 15 is 0 Å². The molecule has 53 heavy (non-hydrogen) atoms. The molecular weight excluding hydrogens is 758 g/mol. The maximum Gasteiger partial charge on any atom is 0.472 e. The van der Waals surface area contributed by atoms with Crippen LogP contribution in [0.25, 0.3) is 28.1 Å². The number of ether oxygens (including phenoxy) is 2. The number of imidazole rings is 3. The van der Waals surface area contributed by atoms with Gasteiger partial charge in [-0.3, -0.25) is 36.9 Å². The minimum atomic E-state index is -4.95. The molecule has 2 aliphatic heterocycles. The Kier molecular flexibility index (Phi) is 9.78. The minimum Gasteiger partial charge on any atom is -0.411 e. The Bertz CT molecular complexity index is 2300. The van der Waals surface area contributed by atoms with Gasteiger partial charge >= 0.3 is 15.6 Å². The third kappa shape index (κ3) is 7.62. The van der Waals surface area contributed by atoms with Crippen molar-refractivity contribution in [2.75, 3.05) is 18.9 Å². The van der Waals surface area contributed by atoms with E-state index in [0.29, 0.717) is 23.5 Å². The molecule has 2 unspecified atom stereocenters. The lowest BCUT2D eigenvalue weighted by molar-refractivity contribution is -0.0538. The third-order valence-electron chi connectivity index (χ3n) is 9.78. The summed E-state index contributed by atoms with van der Waals surface area (Å²) in [5.74, 6) is 0.433.